The average molecular weight is 180 g/mol. The van der Waals surface area contributed by atoms with Crippen molar-refractivity contribution in [2.24, 2.45) is 0 Å². The highest BCUT2D eigenvalue weighted by Crippen LogP contribution is 2.23. The van der Waals surface area contributed by atoms with Crippen LogP contribution in [-0.2, 0) is 0 Å². The summed E-state index contributed by atoms with van der Waals surface area (Å²) in [6.45, 7) is 2.00. The van der Waals surface area contributed by atoms with Gasteiger partial charge in [0.1, 0.15) is 11.5 Å². The molecule has 1 saturated heterocycles. The van der Waals surface area contributed by atoms with E-state index in [-0.39, 0.29) is 0 Å². The molecule has 1 N–H and O–H groups in total. The summed E-state index contributed by atoms with van der Waals surface area (Å²) in [7, 11) is 0. The molecule has 1 fully saturated rings. The number of rotatable bonds is 2. The molecule has 0 aromatic carbocycles. The highest BCUT2D eigenvalue weighted by Gasteiger charge is 2.19. The van der Waals surface area contributed by atoms with Gasteiger partial charge in [0.25, 0.3) is 0 Å². The molecule has 1 aliphatic rings. The van der Waals surface area contributed by atoms with E-state index in [0.717, 1.165) is 31.7 Å². The van der Waals surface area contributed by atoms with Crippen LogP contribution in [0.5, 0.6) is 0 Å². The Morgan fingerprint density at radius 2 is 2.62 bits per heavy atom. The van der Waals surface area contributed by atoms with E-state index in [1.54, 1.807) is 6.07 Å². The summed E-state index contributed by atoms with van der Waals surface area (Å²) in [5, 5.41) is 6.92. The highest BCUT2D eigenvalue weighted by molar-refractivity contribution is 5.71. The molecule has 4 heteroatoms. The van der Waals surface area contributed by atoms with Gasteiger partial charge in [-0.25, -0.2) is 0 Å². The zero-order valence-corrected chi connectivity index (χ0v) is 7.32. The first-order valence-electron chi connectivity index (χ1n) is 4.52. The fourth-order valence-electron chi connectivity index (χ4n) is 1.65. The second kappa shape index (κ2) is 3.70. The van der Waals surface area contributed by atoms with Gasteiger partial charge in [-0.2, -0.15) is 0 Å². The molecule has 70 valence electrons. The number of aromatic nitrogens is 1. The van der Waals surface area contributed by atoms with Crippen molar-refractivity contribution in [3.63, 3.8) is 0 Å². The van der Waals surface area contributed by atoms with Gasteiger partial charge >= 0.3 is 0 Å². The van der Waals surface area contributed by atoms with Gasteiger partial charge in [0.2, 0.25) is 0 Å². The standard InChI is InChI=1S/C9H12N2O2/c12-6-8-4-9(13-11-8)7-2-1-3-10-5-7/h4,6-7,10H,1-3,5H2. The minimum Gasteiger partial charge on any atom is -0.360 e. The van der Waals surface area contributed by atoms with Crippen LogP contribution in [0, 0.1) is 0 Å². The average Bonchev–Trinajstić information content (AvgIpc) is 2.67. The maximum Gasteiger partial charge on any atom is 0.171 e. The van der Waals surface area contributed by atoms with Gasteiger partial charge in [-0.3, -0.25) is 4.79 Å². The molecule has 2 rings (SSSR count). The minimum absolute atomic E-state index is 0.384. The Hall–Kier alpha value is -1.16. The van der Waals surface area contributed by atoms with E-state index in [1.165, 1.54) is 0 Å². The molecule has 0 aliphatic carbocycles. The number of carbonyl (C=O) groups is 1. The summed E-state index contributed by atoms with van der Waals surface area (Å²) in [5.41, 5.74) is 0.389. The molecule has 1 aliphatic heterocycles. The van der Waals surface area contributed by atoms with E-state index in [2.05, 4.69) is 10.5 Å². The van der Waals surface area contributed by atoms with Gasteiger partial charge in [0.15, 0.2) is 6.29 Å². The van der Waals surface area contributed by atoms with Crippen molar-refractivity contribution in [2.75, 3.05) is 13.1 Å². The van der Waals surface area contributed by atoms with Crippen LogP contribution >= 0.6 is 0 Å². The lowest BCUT2D eigenvalue weighted by atomic mass is 9.97. The molecule has 0 radical (unpaired) electrons. The van der Waals surface area contributed by atoms with Gasteiger partial charge < -0.3 is 9.84 Å². The SMILES string of the molecule is O=Cc1cc(C2CCCNC2)on1. The summed E-state index contributed by atoms with van der Waals surface area (Å²) in [4.78, 5) is 10.4. The van der Waals surface area contributed by atoms with E-state index < -0.39 is 0 Å². The molecule has 1 unspecified atom stereocenters. The molecule has 1 aromatic rings. The monoisotopic (exact) mass is 180 g/mol. The number of piperidine rings is 1. The Balaban J connectivity index is 2.09. The van der Waals surface area contributed by atoms with Crippen LogP contribution in [0.1, 0.15) is 35.0 Å². The number of nitrogens with zero attached hydrogens (tertiary/aromatic N) is 1. The number of hydrogen-bond acceptors (Lipinski definition) is 4. The first kappa shape index (κ1) is 8.44. The number of aldehydes is 1. The molecule has 4 nitrogen and oxygen atoms in total. The summed E-state index contributed by atoms with van der Waals surface area (Å²) in [6.07, 6.45) is 2.98. The molecule has 0 spiro atoms. The lowest BCUT2D eigenvalue weighted by molar-refractivity contribution is 0.111. The van der Waals surface area contributed by atoms with E-state index in [4.69, 9.17) is 4.52 Å². The predicted octanol–water partition coefficient (Wildman–Crippen LogP) is 0.954. The van der Waals surface area contributed by atoms with Crippen molar-refractivity contribution >= 4 is 6.29 Å². The molecular formula is C9H12N2O2. The zero-order valence-electron chi connectivity index (χ0n) is 7.32. The smallest absolute Gasteiger partial charge is 0.171 e. The Bertz CT molecular complexity index is 290. The normalized spacial score (nSPS) is 22.9. The molecule has 0 amide bonds. The summed E-state index contributed by atoms with van der Waals surface area (Å²) in [5.74, 6) is 1.21. The zero-order chi connectivity index (χ0) is 9.10. The molecule has 0 saturated carbocycles. The molecule has 1 aromatic heterocycles. The van der Waals surface area contributed by atoms with Crippen molar-refractivity contribution in [2.45, 2.75) is 18.8 Å². The summed E-state index contributed by atoms with van der Waals surface area (Å²) >= 11 is 0. The Morgan fingerprint density at radius 3 is 3.23 bits per heavy atom. The van der Waals surface area contributed by atoms with Crippen LogP contribution in [-0.4, -0.2) is 24.5 Å². The van der Waals surface area contributed by atoms with Crippen molar-refractivity contribution in [3.05, 3.63) is 17.5 Å². The first-order chi connectivity index (χ1) is 6.40. The lowest BCUT2D eigenvalue weighted by Crippen LogP contribution is -2.28. The topological polar surface area (TPSA) is 55.1 Å². The van der Waals surface area contributed by atoms with E-state index in [9.17, 15) is 4.79 Å². The quantitative estimate of drug-likeness (QED) is 0.688. The summed E-state index contributed by atoms with van der Waals surface area (Å²) < 4.78 is 5.07. The summed E-state index contributed by atoms with van der Waals surface area (Å²) in [6, 6.07) is 1.73. The van der Waals surface area contributed by atoms with Gasteiger partial charge in [0, 0.05) is 18.5 Å². The first-order valence-corrected chi connectivity index (χ1v) is 4.52. The maximum absolute atomic E-state index is 10.4. The van der Waals surface area contributed by atoms with Crippen LogP contribution in [0.2, 0.25) is 0 Å². The van der Waals surface area contributed by atoms with Crippen LogP contribution in [0.25, 0.3) is 0 Å². The Kier molecular flexibility index (Phi) is 2.40. The third-order valence-electron chi connectivity index (χ3n) is 2.37. The van der Waals surface area contributed by atoms with Gasteiger partial charge in [0.05, 0.1) is 0 Å². The fraction of sp³-hybridized carbons (Fsp3) is 0.556. The molecule has 1 atom stereocenters. The van der Waals surface area contributed by atoms with Crippen molar-refractivity contribution in [3.8, 4) is 0 Å². The van der Waals surface area contributed by atoms with Crippen molar-refractivity contribution in [1.29, 1.82) is 0 Å². The van der Waals surface area contributed by atoms with E-state index in [0.29, 0.717) is 17.9 Å². The van der Waals surface area contributed by atoms with Gasteiger partial charge in [-0.05, 0) is 19.4 Å². The number of nitrogens with one attached hydrogen (secondary N) is 1. The minimum atomic E-state index is 0.384. The maximum atomic E-state index is 10.4. The van der Waals surface area contributed by atoms with E-state index >= 15 is 0 Å². The largest absolute Gasteiger partial charge is 0.360 e. The molecule has 13 heavy (non-hydrogen) atoms. The predicted molar refractivity (Wildman–Crippen MR) is 46.7 cm³/mol. The van der Waals surface area contributed by atoms with Crippen LogP contribution < -0.4 is 5.32 Å². The Labute approximate surface area is 76.3 Å². The van der Waals surface area contributed by atoms with Gasteiger partial charge in [-0.1, -0.05) is 5.16 Å². The second-order valence-electron chi connectivity index (χ2n) is 3.32. The van der Waals surface area contributed by atoms with E-state index in [1.807, 2.05) is 0 Å². The fourth-order valence-corrected chi connectivity index (χ4v) is 1.65. The number of carbonyl (C=O) groups excluding carboxylic acids is 1. The van der Waals surface area contributed by atoms with Crippen LogP contribution in [0.15, 0.2) is 10.6 Å². The molecule has 2 heterocycles. The van der Waals surface area contributed by atoms with Gasteiger partial charge in [-0.15, -0.1) is 0 Å². The molecule has 0 bridgehead atoms. The van der Waals surface area contributed by atoms with Crippen molar-refractivity contribution < 1.29 is 9.32 Å². The molecular weight excluding hydrogens is 168 g/mol. The third kappa shape index (κ3) is 1.78. The van der Waals surface area contributed by atoms with Crippen LogP contribution in [0.4, 0.5) is 0 Å². The third-order valence-corrected chi connectivity index (χ3v) is 2.37. The number of hydrogen-bond donors (Lipinski definition) is 1. The lowest BCUT2D eigenvalue weighted by Gasteiger charge is -2.19. The second-order valence-corrected chi connectivity index (χ2v) is 3.32. The van der Waals surface area contributed by atoms with Crippen LogP contribution in [0.3, 0.4) is 0 Å². The van der Waals surface area contributed by atoms with Crippen molar-refractivity contribution in [1.82, 2.24) is 10.5 Å². The highest BCUT2D eigenvalue weighted by atomic mass is 16.5. The Morgan fingerprint density at radius 1 is 1.69 bits per heavy atom.